The highest BCUT2D eigenvalue weighted by atomic mass is 32.1. The van der Waals surface area contributed by atoms with E-state index in [1.54, 1.807) is 6.20 Å². The molecule has 1 unspecified atom stereocenters. The van der Waals surface area contributed by atoms with Crippen LogP contribution in [-0.4, -0.2) is 41.5 Å². The molecule has 120 valence electrons. The molecule has 1 amide bonds. The number of nitrogen functional groups attached to an aromatic ring is 1. The first kappa shape index (κ1) is 14.7. The molecule has 3 atom stereocenters. The van der Waals surface area contributed by atoms with Crippen molar-refractivity contribution in [3.63, 3.8) is 0 Å². The van der Waals surface area contributed by atoms with Crippen molar-refractivity contribution in [3.8, 4) is 10.4 Å². The van der Waals surface area contributed by atoms with Gasteiger partial charge in [-0.25, -0.2) is 4.98 Å². The zero-order valence-electron chi connectivity index (χ0n) is 12.9. The van der Waals surface area contributed by atoms with Crippen molar-refractivity contribution >= 4 is 22.9 Å². The Morgan fingerprint density at radius 3 is 2.91 bits per heavy atom. The number of nitrogens with two attached hydrogens (primary N) is 1. The fourth-order valence-electron chi connectivity index (χ4n) is 3.57. The number of aromatic nitrogens is 1. The van der Waals surface area contributed by atoms with E-state index in [-0.39, 0.29) is 11.9 Å². The standard InChI is InChI=1S/C17H20N4OS/c18-13-3-1-12(2-4-13)15-8-19-17(23-15)16(22)20-14-7-11-5-6-21(9-11)10-14/h1-4,8,11,14H,5-7,9-10,18H2,(H,20,22)/t11-,14-/m1/s1. The molecule has 2 bridgehead atoms. The zero-order valence-corrected chi connectivity index (χ0v) is 13.7. The van der Waals surface area contributed by atoms with Gasteiger partial charge in [-0.1, -0.05) is 12.1 Å². The average molecular weight is 328 g/mol. The topological polar surface area (TPSA) is 71.2 Å². The molecule has 3 heterocycles. The maximum absolute atomic E-state index is 12.4. The number of piperidine rings is 1. The molecule has 0 spiro atoms. The fourth-order valence-corrected chi connectivity index (χ4v) is 4.40. The number of anilines is 1. The van der Waals surface area contributed by atoms with Gasteiger partial charge in [-0.3, -0.25) is 4.79 Å². The fraction of sp³-hybridized carbons (Fsp3) is 0.412. The molecule has 2 saturated heterocycles. The van der Waals surface area contributed by atoms with Crippen LogP contribution in [0.1, 0.15) is 22.6 Å². The molecule has 0 radical (unpaired) electrons. The van der Waals surface area contributed by atoms with Crippen molar-refractivity contribution < 1.29 is 4.79 Å². The molecule has 6 heteroatoms. The van der Waals surface area contributed by atoms with Gasteiger partial charge in [0, 0.05) is 31.0 Å². The van der Waals surface area contributed by atoms with Crippen molar-refractivity contribution in [2.45, 2.75) is 18.9 Å². The number of amides is 1. The number of hydrogen-bond donors (Lipinski definition) is 2. The van der Waals surface area contributed by atoms with Gasteiger partial charge < -0.3 is 16.0 Å². The molecule has 2 aromatic rings. The Hall–Kier alpha value is -1.92. The first-order valence-corrected chi connectivity index (χ1v) is 8.84. The third-order valence-corrected chi connectivity index (χ3v) is 5.74. The van der Waals surface area contributed by atoms with Gasteiger partial charge in [0.15, 0.2) is 5.01 Å². The van der Waals surface area contributed by atoms with E-state index in [4.69, 9.17) is 5.73 Å². The lowest BCUT2D eigenvalue weighted by molar-refractivity contribution is 0.0909. The first-order valence-electron chi connectivity index (χ1n) is 8.02. The zero-order chi connectivity index (χ0) is 15.8. The second-order valence-corrected chi connectivity index (χ2v) is 7.50. The minimum absolute atomic E-state index is 0.0517. The third-order valence-electron chi connectivity index (χ3n) is 4.70. The molecule has 2 fully saturated rings. The first-order chi connectivity index (χ1) is 11.2. The molecular weight excluding hydrogens is 308 g/mol. The number of rotatable bonds is 3. The summed E-state index contributed by atoms with van der Waals surface area (Å²) in [5.41, 5.74) is 7.48. The summed E-state index contributed by atoms with van der Waals surface area (Å²) >= 11 is 1.43. The summed E-state index contributed by atoms with van der Waals surface area (Å²) in [6.45, 7) is 3.35. The van der Waals surface area contributed by atoms with Gasteiger partial charge in [0.2, 0.25) is 0 Å². The Labute approximate surface area is 139 Å². The van der Waals surface area contributed by atoms with E-state index in [0.29, 0.717) is 5.01 Å². The third kappa shape index (κ3) is 3.09. The van der Waals surface area contributed by atoms with E-state index in [1.807, 2.05) is 24.3 Å². The van der Waals surface area contributed by atoms with Gasteiger partial charge in [-0.05, 0) is 43.0 Å². The normalized spacial score (nSPS) is 26.2. The molecule has 2 aliphatic rings. The molecular formula is C17H20N4OS. The van der Waals surface area contributed by atoms with Crippen LogP contribution in [0.2, 0.25) is 0 Å². The van der Waals surface area contributed by atoms with E-state index in [0.717, 1.165) is 35.0 Å². The van der Waals surface area contributed by atoms with Crippen LogP contribution in [-0.2, 0) is 0 Å². The minimum atomic E-state index is -0.0517. The molecule has 4 rings (SSSR count). The van der Waals surface area contributed by atoms with Crippen LogP contribution in [0, 0.1) is 5.92 Å². The Balaban J connectivity index is 1.44. The smallest absolute Gasteiger partial charge is 0.280 e. The number of hydrogen-bond acceptors (Lipinski definition) is 5. The molecule has 5 nitrogen and oxygen atoms in total. The number of carbonyl (C=O) groups is 1. The van der Waals surface area contributed by atoms with E-state index < -0.39 is 0 Å². The van der Waals surface area contributed by atoms with Crippen LogP contribution < -0.4 is 11.1 Å². The summed E-state index contributed by atoms with van der Waals surface area (Å²) in [4.78, 5) is 20.2. The van der Waals surface area contributed by atoms with Crippen LogP contribution in [0.25, 0.3) is 10.4 Å². The van der Waals surface area contributed by atoms with Crippen molar-refractivity contribution in [2.75, 3.05) is 25.4 Å². The number of carbonyl (C=O) groups excluding carboxylic acids is 1. The van der Waals surface area contributed by atoms with Gasteiger partial charge in [-0.15, -0.1) is 11.3 Å². The predicted octanol–water partition coefficient (Wildman–Crippen LogP) is 2.22. The summed E-state index contributed by atoms with van der Waals surface area (Å²) in [7, 11) is 0. The summed E-state index contributed by atoms with van der Waals surface area (Å²) in [5, 5.41) is 3.69. The number of benzene rings is 1. The van der Waals surface area contributed by atoms with Crippen LogP contribution in [0.3, 0.4) is 0 Å². The van der Waals surface area contributed by atoms with E-state index in [2.05, 4.69) is 15.2 Å². The number of fused-ring (bicyclic) bond motifs is 2. The Bertz CT molecular complexity index is 700. The lowest BCUT2D eigenvalue weighted by Gasteiger charge is -2.30. The minimum Gasteiger partial charge on any atom is -0.399 e. The molecule has 1 aromatic heterocycles. The number of nitrogens with one attached hydrogen (secondary N) is 1. The molecule has 0 aliphatic carbocycles. The summed E-state index contributed by atoms with van der Waals surface area (Å²) in [6, 6.07) is 7.89. The highest BCUT2D eigenvalue weighted by Gasteiger charge is 2.33. The highest BCUT2D eigenvalue weighted by molar-refractivity contribution is 7.16. The van der Waals surface area contributed by atoms with Gasteiger partial charge in [0.05, 0.1) is 4.88 Å². The van der Waals surface area contributed by atoms with Gasteiger partial charge in [0.25, 0.3) is 5.91 Å². The highest BCUT2D eigenvalue weighted by Crippen LogP contribution is 2.28. The summed E-state index contributed by atoms with van der Waals surface area (Å²) in [6.07, 6.45) is 4.13. The lowest BCUT2D eigenvalue weighted by atomic mass is 9.97. The lowest BCUT2D eigenvalue weighted by Crippen LogP contribution is -2.46. The van der Waals surface area contributed by atoms with Crippen molar-refractivity contribution in [1.29, 1.82) is 0 Å². The monoisotopic (exact) mass is 328 g/mol. The average Bonchev–Trinajstić information content (AvgIpc) is 3.15. The molecule has 1 aromatic carbocycles. The Morgan fingerprint density at radius 2 is 2.13 bits per heavy atom. The van der Waals surface area contributed by atoms with Gasteiger partial charge in [0.1, 0.15) is 0 Å². The molecule has 0 saturated carbocycles. The quantitative estimate of drug-likeness (QED) is 0.848. The summed E-state index contributed by atoms with van der Waals surface area (Å²) in [5.74, 6) is 0.694. The van der Waals surface area contributed by atoms with Crippen LogP contribution in [0.5, 0.6) is 0 Å². The van der Waals surface area contributed by atoms with Crippen LogP contribution in [0.15, 0.2) is 30.5 Å². The maximum atomic E-state index is 12.4. The second-order valence-electron chi connectivity index (χ2n) is 6.47. The number of nitrogens with zero attached hydrogens (tertiary/aromatic N) is 2. The SMILES string of the molecule is Nc1ccc(-c2cnc(C(=O)N[C@@H]3C[C@H]4CCN(C4)C3)s2)cc1. The van der Waals surface area contributed by atoms with Crippen molar-refractivity contribution in [1.82, 2.24) is 15.2 Å². The van der Waals surface area contributed by atoms with Gasteiger partial charge >= 0.3 is 0 Å². The summed E-state index contributed by atoms with van der Waals surface area (Å²) < 4.78 is 0. The van der Waals surface area contributed by atoms with Crippen molar-refractivity contribution in [2.24, 2.45) is 5.92 Å². The Kier molecular flexibility index (Phi) is 3.79. The second kappa shape index (κ2) is 5.94. The van der Waals surface area contributed by atoms with Gasteiger partial charge in [-0.2, -0.15) is 0 Å². The molecule has 3 N–H and O–H groups in total. The predicted molar refractivity (Wildman–Crippen MR) is 92.4 cm³/mol. The molecule has 2 aliphatic heterocycles. The van der Waals surface area contributed by atoms with Crippen molar-refractivity contribution in [3.05, 3.63) is 35.5 Å². The van der Waals surface area contributed by atoms with E-state index in [9.17, 15) is 4.79 Å². The van der Waals surface area contributed by atoms with E-state index >= 15 is 0 Å². The Morgan fingerprint density at radius 1 is 1.30 bits per heavy atom. The van der Waals surface area contributed by atoms with Crippen LogP contribution in [0.4, 0.5) is 5.69 Å². The largest absolute Gasteiger partial charge is 0.399 e. The number of thiazole rings is 1. The van der Waals surface area contributed by atoms with E-state index in [1.165, 1.54) is 30.8 Å². The maximum Gasteiger partial charge on any atom is 0.280 e. The molecule has 23 heavy (non-hydrogen) atoms. The van der Waals surface area contributed by atoms with Crippen LogP contribution >= 0.6 is 11.3 Å².